The summed E-state index contributed by atoms with van der Waals surface area (Å²) in [6.45, 7) is 8.62. The van der Waals surface area contributed by atoms with Gasteiger partial charge in [-0.2, -0.15) is 0 Å². The molecule has 0 fully saturated rings. The van der Waals surface area contributed by atoms with Crippen LogP contribution in [0.1, 0.15) is 59.3 Å². The van der Waals surface area contributed by atoms with E-state index in [1.807, 2.05) is 0 Å². The van der Waals surface area contributed by atoms with Crippen molar-refractivity contribution in [1.82, 2.24) is 0 Å². The number of hydrogen-bond donors (Lipinski definition) is 0. The van der Waals surface area contributed by atoms with Crippen LogP contribution in [0, 0.1) is 0 Å². The molecule has 0 N–H and O–H groups in total. The van der Waals surface area contributed by atoms with Crippen molar-refractivity contribution >= 4 is 26.5 Å². The number of hydrogen-bond acceptors (Lipinski definition) is 4. The Kier molecular flexibility index (Phi) is 13.8. The van der Waals surface area contributed by atoms with E-state index >= 15 is 0 Å². The Morgan fingerprint density at radius 1 is 0.750 bits per heavy atom. The summed E-state index contributed by atoms with van der Waals surface area (Å²) < 4.78 is 23.4. The van der Waals surface area contributed by atoms with Crippen LogP contribution in [-0.2, 0) is 15.4 Å². The molecule has 0 aromatic heterocycles. The maximum absolute atomic E-state index is 6.02. The van der Waals surface area contributed by atoms with Crippen molar-refractivity contribution in [2.75, 3.05) is 19.8 Å². The fourth-order valence-electron chi connectivity index (χ4n) is 1.49. The van der Waals surface area contributed by atoms with Crippen molar-refractivity contribution in [2.24, 2.45) is 0 Å². The van der Waals surface area contributed by atoms with Crippen LogP contribution in [0.5, 0.6) is 0 Å². The Morgan fingerprint density at radius 2 is 1.20 bits per heavy atom. The molecular formula is C14H33BO4Sn. The average Bonchev–Trinajstić information content (AvgIpc) is 2.39. The van der Waals surface area contributed by atoms with Crippen LogP contribution in [0.2, 0.25) is 9.88 Å². The second kappa shape index (κ2) is 13.4. The van der Waals surface area contributed by atoms with Gasteiger partial charge in [0.25, 0.3) is 0 Å². The van der Waals surface area contributed by atoms with E-state index in [-0.39, 0.29) is 0 Å². The summed E-state index contributed by atoms with van der Waals surface area (Å²) in [6.07, 6.45) is 6.52. The molecule has 6 heteroatoms. The Balaban J connectivity index is 4.13. The first-order valence-electron chi connectivity index (χ1n) is 8.10. The molecule has 0 aromatic carbocycles. The van der Waals surface area contributed by atoms with E-state index < -0.39 is 26.5 Å². The summed E-state index contributed by atoms with van der Waals surface area (Å²) in [5, 5.41) is 0. The topological polar surface area (TPSA) is 36.9 Å². The zero-order valence-corrected chi connectivity index (χ0v) is 16.9. The average molecular weight is 395 g/mol. The predicted octanol–water partition coefficient (Wildman–Crippen LogP) is 4.14. The SMILES string of the molecule is CCCCOB(OCCCC)[O][Sn]([CH3])([CH3])[O]CCCC. The second-order valence-electron chi connectivity index (χ2n) is 5.46. The molecule has 0 radical (unpaired) electrons. The molecular weight excluding hydrogens is 362 g/mol. The molecule has 0 unspecified atom stereocenters. The van der Waals surface area contributed by atoms with Crippen molar-refractivity contribution < 1.29 is 15.4 Å². The molecule has 0 spiro atoms. The Morgan fingerprint density at radius 3 is 1.65 bits per heavy atom. The summed E-state index contributed by atoms with van der Waals surface area (Å²) in [5.74, 6) is 0. The van der Waals surface area contributed by atoms with Crippen molar-refractivity contribution in [3.8, 4) is 0 Å². The van der Waals surface area contributed by atoms with Crippen molar-refractivity contribution in [3.63, 3.8) is 0 Å². The molecule has 0 atom stereocenters. The van der Waals surface area contributed by atoms with Gasteiger partial charge >= 0.3 is 131 Å². The molecule has 0 amide bonds. The van der Waals surface area contributed by atoms with E-state index in [1.54, 1.807) is 0 Å². The van der Waals surface area contributed by atoms with E-state index in [0.29, 0.717) is 13.2 Å². The van der Waals surface area contributed by atoms with Gasteiger partial charge in [0, 0.05) is 0 Å². The molecule has 0 heterocycles. The fourth-order valence-corrected chi connectivity index (χ4v) is 5.21. The minimum atomic E-state index is -2.94. The summed E-state index contributed by atoms with van der Waals surface area (Å²) >= 11 is -2.94. The molecule has 120 valence electrons. The van der Waals surface area contributed by atoms with Crippen LogP contribution in [0.4, 0.5) is 0 Å². The van der Waals surface area contributed by atoms with E-state index in [0.717, 1.165) is 45.1 Å². The maximum atomic E-state index is 6.02. The third-order valence-electron chi connectivity index (χ3n) is 2.83. The van der Waals surface area contributed by atoms with Gasteiger partial charge in [-0.1, -0.05) is 0 Å². The van der Waals surface area contributed by atoms with Crippen molar-refractivity contribution in [2.45, 2.75) is 69.2 Å². The molecule has 0 aromatic rings. The predicted molar refractivity (Wildman–Crippen MR) is 86.9 cm³/mol. The van der Waals surface area contributed by atoms with E-state index in [9.17, 15) is 0 Å². The van der Waals surface area contributed by atoms with Crippen LogP contribution in [0.25, 0.3) is 0 Å². The molecule has 0 aliphatic carbocycles. The quantitative estimate of drug-likeness (QED) is 0.328. The summed E-state index contributed by atoms with van der Waals surface area (Å²) in [6, 6.07) is 0. The molecule has 0 saturated carbocycles. The van der Waals surface area contributed by atoms with Gasteiger partial charge < -0.3 is 0 Å². The zero-order chi connectivity index (χ0) is 15.3. The van der Waals surface area contributed by atoms with Crippen LogP contribution < -0.4 is 0 Å². The van der Waals surface area contributed by atoms with Gasteiger partial charge in [0.15, 0.2) is 0 Å². The summed E-state index contributed by atoms with van der Waals surface area (Å²) in [5.41, 5.74) is 0. The Hall–Kier alpha value is 0.704. The first kappa shape index (κ1) is 20.7. The molecule has 0 bridgehead atoms. The van der Waals surface area contributed by atoms with E-state index in [1.165, 1.54) is 0 Å². The molecule has 0 rings (SSSR count). The molecule has 4 nitrogen and oxygen atoms in total. The molecule has 0 saturated heterocycles. The van der Waals surface area contributed by atoms with Crippen molar-refractivity contribution in [3.05, 3.63) is 0 Å². The standard InChI is InChI=1S/C8H18BO3.C4H9O.2CH3.Sn/c1-3-5-7-11-9(10)12-8-6-4-2;1-2-3-4-5;;;/h3-8H2,1-2H3;2-4H2,1H3;2*1H3;/q2*-1;;;+2. The van der Waals surface area contributed by atoms with Crippen molar-refractivity contribution in [1.29, 1.82) is 0 Å². The summed E-state index contributed by atoms with van der Waals surface area (Å²) in [7, 11) is -0.541. The second-order valence-corrected chi connectivity index (χ2v) is 14.9. The third kappa shape index (κ3) is 12.4. The van der Waals surface area contributed by atoms with Gasteiger partial charge in [-0.05, 0) is 0 Å². The van der Waals surface area contributed by atoms with Crippen LogP contribution in [0.15, 0.2) is 0 Å². The summed E-state index contributed by atoms with van der Waals surface area (Å²) in [4.78, 5) is 4.23. The fraction of sp³-hybridized carbons (Fsp3) is 1.00. The van der Waals surface area contributed by atoms with Gasteiger partial charge in [0.05, 0.1) is 0 Å². The normalized spacial score (nSPS) is 11.8. The van der Waals surface area contributed by atoms with Crippen LogP contribution >= 0.6 is 0 Å². The van der Waals surface area contributed by atoms with E-state index in [2.05, 4.69) is 30.7 Å². The first-order valence-corrected chi connectivity index (χ1v) is 16.1. The number of rotatable bonds is 14. The minimum absolute atomic E-state index is 0.541. The van der Waals surface area contributed by atoms with Gasteiger partial charge in [-0.3, -0.25) is 0 Å². The monoisotopic (exact) mass is 396 g/mol. The van der Waals surface area contributed by atoms with Gasteiger partial charge in [0.1, 0.15) is 0 Å². The molecule has 20 heavy (non-hydrogen) atoms. The van der Waals surface area contributed by atoms with Gasteiger partial charge in [0.2, 0.25) is 0 Å². The Bertz CT molecular complexity index is 207. The van der Waals surface area contributed by atoms with Gasteiger partial charge in [-0.25, -0.2) is 0 Å². The van der Waals surface area contributed by atoms with Crippen LogP contribution in [-0.4, -0.2) is 46.3 Å². The van der Waals surface area contributed by atoms with E-state index in [4.69, 9.17) is 15.4 Å². The zero-order valence-electron chi connectivity index (χ0n) is 14.1. The van der Waals surface area contributed by atoms with Gasteiger partial charge in [-0.15, -0.1) is 0 Å². The van der Waals surface area contributed by atoms with Crippen LogP contribution in [0.3, 0.4) is 0 Å². The third-order valence-corrected chi connectivity index (χ3v) is 7.57. The molecule has 0 aliphatic rings. The first-order chi connectivity index (χ1) is 9.55. The Labute approximate surface area is 131 Å². The number of unbranched alkanes of at least 4 members (excludes halogenated alkanes) is 3. The molecule has 0 aliphatic heterocycles.